The van der Waals surface area contributed by atoms with Gasteiger partial charge in [-0.25, -0.2) is 8.42 Å². The zero-order valence-corrected chi connectivity index (χ0v) is 18.5. The quantitative estimate of drug-likeness (QED) is 0.233. The smallest absolute Gasteiger partial charge is 0.285 e. The number of nitrogens with two attached hydrogens (primary N) is 1. The van der Waals surface area contributed by atoms with Crippen LogP contribution in [-0.2, 0) is 10.0 Å². The van der Waals surface area contributed by atoms with Crippen molar-refractivity contribution in [3.8, 4) is 0 Å². The third kappa shape index (κ3) is 4.36. The number of sulfonamides is 1. The second-order valence-corrected chi connectivity index (χ2v) is 9.80. The lowest BCUT2D eigenvalue weighted by Gasteiger charge is -2.13. The van der Waals surface area contributed by atoms with Crippen molar-refractivity contribution in [3.05, 3.63) is 88.7 Å². The first-order valence-corrected chi connectivity index (χ1v) is 11.7. The monoisotopic (exact) mass is 466 g/mol. The molecule has 0 radical (unpaired) electrons. The summed E-state index contributed by atoms with van der Waals surface area (Å²) in [5.41, 5.74) is 6.77. The molecule has 3 N–H and O–H groups in total. The summed E-state index contributed by atoms with van der Waals surface area (Å²) in [5, 5.41) is 13.6. The molecular weight excluding hydrogens is 448 g/mol. The van der Waals surface area contributed by atoms with Crippen LogP contribution in [0, 0.1) is 17.0 Å². The Balaban J connectivity index is 1.72. The van der Waals surface area contributed by atoms with Gasteiger partial charge < -0.3 is 5.73 Å². The van der Waals surface area contributed by atoms with Crippen LogP contribution in [0.15, 0.2) is 87.7 Å². The number of pyridine rings is 1. The number of nitrogens with zero attached hydrogens (tertiary/aromatic N) is 2. The molecule has 1 heterocycles. The summed E-state index contributed by atoms with van der Waals surface area (Å²) in [6, 6.07) is 16.2. The molecule has 0 amide bonds. The number of nitrogen functional groups attached to an aromatic ring is 1. The molecule has 32 heavy (non-hydrogen) atoms. The van der Waals surface area contributed by atoms with Gasteiger partial charge >= 0.3 is 0 Å². The molecule has 3 aromatic carbocycles. The molecule has 0 aliphatic heterocycles. The SMILES string of the molecule is Cc1ccc(S(=O)(=O)Nc2cc([N+](=O)[O-])c(Sc3cccc4cnccc34)cc2N)cc1. The molecule has 162 valence electrons. The fourth-order valence-corrected chi connectivity index (χ4v) is 5.30. The van der Waals surface area contributed by atoms with E-state index in [0.717, 1.165) is 27.3 Å². The van der Waals surface area contributed by atoms with Crippen LogP contribution in [0.3, 0.4) is 0 Å². The number of rotatable bonds is 6. The van der Waals surface area contributed by atoms with Gasteiger partial charge in [-0.15, -0.1) is 0 Å². The van der Waals surface area contributed by atoms with E-state index in [9.17, 15) is 18.5 Å². The predicted octanol–water partition coefficient (Wildman–Crippen LogP) is 4.99. The fraction of sp³-hybridized carbons (Fsp3) is 0.0455. The van der Waals surface area contributed by atoms with Gasteiger partial charge in [0.2, 0.25) is 0 Å². The Bertz CT molecular complexity index is 1430. The van der Waals surface area contributed by atoms with E-state index >= 15 is 0 Å². The number of nitro benzene ring substituents is 1. The van der Waals surface area contributed by atoms with E-state index in [1.165, 1.54) is 30.0 Å². The minimum Gasteiger partial charge on any atom is -0.397 e. The van der Waals surface area contributed by atoms with Crippen molar-refractivity contribution in [2.24, 2.45) is 0 Å². The van der Waals surface area contributed by atoms with Crippen molar-refractivity contribution < 1.29 is 13.3 Å². The van der Waals surface area contributed by atoms with E-state index in [1.807, 2.05) is 31.2 Å². The summed E-state index contributed by atoms with van der Waals surface area (Å²) < 4.78 is 27.8. The Morgan fingerprint density at radius 2 is 1.81 bits per heavy atom. The van der Waals surface area contributed by atoms with Crippen molar-refractivity contribution in [2.75, 3.05) is 10.5 Å². The lowest BCUT2D eigenvalue weighted by molar-refractivity contribution is -0.387. The molecule has 0 unspecified atom stereocenters. The fourth-order valence-electron chi connectivity index (χ4n) is 3.12. The molecular formula is C22H18N4O4S2. The lowest BCUT2D eigenvalue weighted by Crippen LogP contribution is -2.14. The summed E-state index contributed by atoms with van der Waals surface area (Å²) >= 11 is 1.18. The van der Waals surface area contributed by atoms with Crippen LogP contribution in [0.4, 0.5) is 17.1 Å². The number of hydrogen-bond acceptors (Lipinski definition) is 7. The second kappa shape index (κ2) is 8.48. The molecule has 4 rings (SSSR count). The number of aromatic nitrogens is 1. The highest BCUT2D eigenvalue weighted by Crippen LogP contribution is 2.41. The summed E-state index contributed by atoms with van der Waals surface area (Å²) in [7, 11) is -3.96. The summed E-state index contributed by atoms with van der Waals surface area (Å²) in [6.07, 6.45) is 3.36. The number of aryl methyl sites for hydroxylation is 1. The highest BCUT2D eigenvalue weighted by Gasteiger charge is 2.22. The average molecular weight is 467 g/mol. The van der Waals surface area contributed by atoms with E-state index in [4.69, 9.17) is 5.73 Å². The van der Waals surface area contributed by atoms with Crippen molar-refractivity contribution >= 4 is 49.6 Å². The molecule has 8 nitrogen and oxygen atoms in total. The van der Waals surface area contributed by atoms with E-state index in [-0.39, 0.29) is 22.0 Å². The molecule has 0 aliphatic rings. The van der Waals surface area contributed by atoms with Crippen molar-refractivity contribution in [1.82, 2.24) is 4.98 Å². The first-order chi connectivity index (χ1) is 15.2. The zero-order valence-electron chi connectivity index (χ0n) is 16.8. The third-order valence-corrected chi connectivity index (χ3v) is 7.27. The number of nitrogens with one attached hydrogen (secondary N) is 1. The Morgan fingerprint density at radius 3 is 2.53 bits per heavy atom. The van der Waals surface area contributed by atoms with Crippen LogP contribution >= 0.6 is 11.8 Å². The van der Waals surface area contributed by atoms with Crippen LogP contribution in [0.1, 0.15) is 5.56 Å². The topological polar surface area (TPSA) is 128 Å². The van der Waals surface area contributed by atoms with Gasteiger partial charge in [0, 0.05) is 28.7 Å². The first-order valence-electron chi connectivity index (χ1n) is 9.42. The number of benzene rings is 3. The Labute approximate surface area is 188 Å². The summed E-state index contributed by atoms with van der Waals surface area (Å²) in [5.74, 6) is 0. The van der Waals surface area contributed by atoms with E-state index in [1.54, 1.807) is 24.5 Å². The Morgan fingerprint density at radius 1 is 1.06 bits per heavy atom. The van der Waals surface area contributed by atoms with E-state index in [0.29, 0.717) is 4.90 Å². The number of hydrogen-bond donors (Lipinski definition) is 2. The van der Waals surface area contributed by atoms with Crippen molar-refractivity contribution in [3.63, 3.8) is 0 Å². The van der Waals surface area contributed by atoms with Crippen LogP contribution < -0.4 is 10.5 Å². The molecule has 1 aromatic heterocycles. The van der Waals surface area contributed by atoms with Crippen LogP contribution in [0.2, 0.25) is 0 Å². The highest BCUT2D eigenvalue weighted by atomic mass is 32.2. The standard InChI is InChI=1S/C22H18N4O4S2/c1-14-5-7-16(8-6-14)32(29,30)25-19-12-20(26(27)28)22(11-18(19)23)31-21-4-2-3-15-13-24-10-9-17(15)21/h2-13,25H,23H2,1H3. The maximum Gasteiger partial charge on any atom is 0.285 e. The molecule has 10 heteroatoms. The molecule has 0 saturated heterocycles. The van der Waals surface area contributed by atoms with Gasteiger partial charge in [0.05, 0.1) is 26.1 Å². The van der Waals surface area contributed by atoms with E-state index < -0.39 is 14.9 Å². The molecule has 0 spiro atoms. The maximum atomic E-state index is 12.7. The lowest BCUT2D eigenvalue weighted by atomic mass is 10.2. The minimum atomic E-state index is -3.96. The van der Waals surface area contributed by atoms with Gasteiger partial charge in [0.25, 0.3) is 15.7 Å². The number of nitro groups is 1. The van der Waals surface area contributed by atoms with Crippen LogP contribution in [-0.4, -0.2) is 18.3 Å². The third-order valence-electron chi connectivity index (χ3n) is 4.76. The number of fused-ring (bicyclic) bond motifs is 1. The molecule has 4 aromatic rings. The largest absolute Gasteiger partial charge is 0.397 e. The normalized spacial score (nSPS) is 11.4. The number of anilines is 2. The van der Waals surface area contributed by atoms with E-state index in [2.05, 4.69) is 9.71 Å². The predicted molar refractivity (Wildman–Crippen MR) is 125 cm³/mol. The molecule has 0 atom stereocenters. The first kappa shape index (κ1) is 21.6. The molecule has 0 saturated carbocycles. The van der Waals surface area contributed by atoms with Crippen LogP contribution in [0.25, 0.3) is 10.8 Å². The Kier molecular flexibility index (Phi) is 5.72. The molecule has 0 aliphatic carbocycles. The summed E-state index contributed by atoms with van der Waals surface area (Å²) in [4.78, 5) is 16.4. The molecule has 0 fully saturated rings. The zero-order chi connectivity index (χ0) is 22.9. The minimum absolute atomic E-state index is 0.0352. The van der Waals surface area contributed by atoms with Gasteiger partial charge in [-0.2, -0.15) is 0 Å². The second-order valence-electron chi connectivity index (χ2n) is 7.04. The van der Waals surface area contributed by atoms with Crippen molar-refractivity contribution in [1.29, 1.82) is 0 Å². The average Bonchev–Trinajstić information content (AvgIpc) is 2.76. The molecule has 0 bridgehead atoms. The van der Waals surface area contributed by atoms with Gasteiger partial charge in [0.15, 0.2) is 0 Å². The van der Waals surface area contributed by atoms with Gasteiger partial charge in [-0.05, 0) is 42.6 Å². The van der Waals surface area contributed by atoms with Gasteiger partial charge in [-0.1, -0.05) is 41.6 Å². The maximum absolute atomic E-state index is 12.7. The van der Waals surface area contributed by atoms with Crippen molar-refractivity contribution in [2.45, 2.75) is 21.6 Å². The van der Waals surface area contributed by atoms with Gasteiger partial charge in [-0.3, -0.25) is 19.8 Å². The highest BCUT2D eigenvalue weighted by molar-refractivity contribution is 7.99. The Hall–Kier alpha value is -3.63. The summed E-state index contributed by atoms with van der Waals surface area (Å²) in [6.45, 7) is 1.84. The van der Waals surface area contributed by atoms with Gasteiger partial charge in [0.1, 0.15) is 0 Å². The van der Waals surface area contributed by atoms with Crippen LogP contribution in [0.5, 0.6) is 0 Å².